The van der Waals surface area contributed by atoms with E-state index in [9.17, 15) is 18.4 Å². The first kappa shape index (κ1) is 16.9. The van der Waals surface area contributed by atoms with Gasteiger partial charge in [0.2, 0.25) is 0 Å². The summed E-state index contributed by atoms with van der Waals surface area (Å²) in [5.41, 5.74) is -0.733. The van der Waals surface area contributed by atoms with Crippen molar-refractivity contribution in [3.05, 3.63) is 0 Å². The van der Waals surface area contributed by atoms with E-state index in [1.165, 1.54) is 0 Å². The summed E-state index contributed by atoms with van der Waals surface area (Å²) in [4.78, 5) is 24.4. The highest BCUT2D eigenvalue weighted by Gasteiger charge is 2.50. The van der Waals surface area contributed by atoms with Crippen molar-refractivity contribution in [1.82, 2.24) is 4.90 Å². The molecule has 1 aliphatic heterocycles. The Hall–Kier alpha value is -1.11. The Morgan fingerprint density at radius 1 is 1.40 bits per heavy atom. The molecule has 1 saturated heterocycles. The van der Waals surface area contributed by atoms with Crippen molar-refractivity contribution in [2.24, 2.45) is 5.92 Å². The van der Waals surface area contributed by atoms with E-state index < -0.39 is 48.5 Å². The van der Waals surface area contributed by atoms with E-state index in [2.05, 4.69) is 4.74 Å². The van der Waals surface area contributed by atoms with Crippen molar-refractivity contribution >= 4 is 23.7 Å². The molecule has 1 rings (SSSR count). The van der Waals surface area contributed by atoms with Gasteiger partial charge in [0.15, 0.2) is 6.07 Å². The first-order valence-corrected chi connectivity index (χ1v) is 6.68. The third-order valence-electron chi connectivity index (χ3n) is 2.76. The van der Waals surface area contributed by atoms with E-state index in [1.807, 2.05) is 0 Å². The summed E-state index contributed by atoms with van der Waals surface area (Å²) < 4.78 is 36.9. The van der Waals surface area contributed by atoms with Gasteiger partial charge >= 0.3 is 12.1 Å². The number of piperidine rings is 1. The second-order valence-electron chi connectivity index (χ2n) is 5.56. The molecule has 0 aromatic rings. The number of nitrogens with zero attached hydrogens (tertiary/aromatic N) is 1. The summed E-state index contributed by atoms with van der Waals surface area (Å²) in [7, 11) is 0. The summed E-state index contributed by atoms with van der Waals surface area (Å²) >= 11 is 5.20. The lowest BCUT2D eigenvalue weighted by atomic mass is 9.94. The van der Waals surface area contributed by atoms with Gasteiger partial charge in [-0.3, -0.25) is 4.79 Å². The number of carbonyl (C=O) groups excluding carboxylic acids is 2. The van der Waals surface area contributed by atoms with Crippen LogP contribution in [0.5, 0.6) is 0 Å². The van der Waals surface area contributed by atoms with Crippen LogP contribution < -0.4 is 0 Å². The van der Waals surface area contributed by atoms with Crippen molar-refractivity contribution in [1.29, 1.82) is 0 Å². The molecule has 0 radical (unpaired) electrons. The maximum Gasteiger partial charge on any atom is 0.410 e. The van der Waals surface area contributed by atoms with Crippen molar-refractivity contribution in [3.63, 3.8) is 0 Å². The monoisotopic (exact) mass is 313 g/mol. The molecule has 1 aliphatic rings. The number of likely N-dealkylation sites (tertiary alicyclic amines) is 1. The lowest BCUT2D eigenvalue weighted by Gasteiger charge is -2.37. The number of hydrogen-bond donors (Lipinski definition) is 0. The van der Waals surface area contributed by atoms with E-state index in [0.29, 0.717) is 0 Å². The largest absolute Gasteiger partial charge is 0.449 e. The second kappa shape index (κ2) is 6.11. The van der Waals surface area contributed by atoms with Crippen LogP contribution in [0.15, 0.2) is 0 Å². The van der Waals surface area contributed by atoms with E-state index in [0.717, 1.165) is 4.90 Å². The Labute approximate surface area is 121 Å². The smallest absolute Gasteiger partial charge is 0.410 e. The fourth-order valence-corrected chi connectivity index (χ4v) is 1.90. The number of ether oxygens (including phenoxy) is 2. The number of hydrogen-bond acceptors (Lipinski definition) is 4. The van der Waals surface area contributed by atoms with Gasteiger partial charge in [-0.05, 0) is 20.8 Å². The molecular formula is C12H18ClF2NO4. The fourth-order valence-electron chi connectivity index (χ4n) is 1.80. The highest BCUT2D eigenvalue weighted by molar-refractivity contribution is 6.17. The lowest BCUT2D eigenvalue weighted by molar-refractivity contribution is -0.169. The van der Waals surface area contributed by atoms with Crippen LogP contribution in [-0.4, -0.2) is 47.6 Å². The van der Waals surface area contributed by atoms with Crippen molar-refractivity contribution in [2.75, 3.05) is 19.2 Å². The Balaban J connectivity index is 2.75. The summed E-state index contributed by atoms with van der Waals surface area (Å²) in [6.07, 6.45) is -1.34. The van der Waals surface area contributed by atoms with Gasteiger partial charge in [-0.2, -0.15) is 0 Å². The van der Waals surface area contributed by atoms with E-state index in [-0.39, 0.29) is 6.54 Å². The summed E-state index contributed by atoms with van der Waals surface area (Å²) in [6, 6.07) is -0.502. The van der Waals surface area contributed by atoms with E-state index in [4.69, 9.17) is 16.3 Å². The normalized spacial score (nSPS) is 22.3. The molecule has 0 spiro atoms. The van der Waals surface area contributed by atoms with Crippen molar-refractivity contribution < 1.29 is 27.8 Å². The minimum atomic E-state index is -3.22. The molecule has 1 heterocycles. The van der Waals surface area contributed by atoms with E-state index >= 15 is 0 Å². The maximum absolute atomic E-state index is 13.7. The summed E-state index contributed by atoms with van der Waals surface area (Å²) in [5, 5.41) is 0. The van der Waals surface area contributed by atoms with E-state index in [1.54, 1.807) is 20.8 Å². The summed E-state index contributed by atoms with van der Waals surface area (Å²) in [5.74, 6) is -6.05. The Morgan fingerprint density at radius 2 is 2.00 bits per heavy atom. The van der Waals surface area contributed by atoms with Gasteiger partial charge in [-0.1, -0.05) is 11.6 Å². The Bertz CT molecular complexity index is 384. The van der Waals surface area contributed by atoms with Crippen LogP contribution in [0.2, 0.25) is 0 Å². The topological polar surface area (TPSA) is 55.8 Å². The third-order valence-corrected chi connectivity index (χ3v) is 2.87. The zero-order valence-corrected chi connectivity index (χ0v) is 12.4. The van der Waals surface area contributed by atoms with Gasteiger partial charge in [-0.15, -0.1) is 0 Å². The van der Waals surface area contributed by atoms with Crippen LogP contribution in [0, 0.1) is 5.92 Å². The lowest BCUT2D eigenvalue weighted by Crippen LogP contribution is -2.53. The number of esters is 1. The van der Waals surface area contributed by atoms with Gasteiger partial charge in [-0.25, -0.2) is 13.6 Å². The predicted molar refractivity (Wildman–Crippen MR) is 67.7 cm³/mol. The number of alkyl halides is 3. The van der Waals surface area contributed by atoms with Gasteiger partial charge < -0.3 is 14.4 Å². The molecule has 0 aromatic heterocycles. The average Bonchev–Trinajstić information content (AvgIpc) is 2.26. The zero-order valence-electron chi connectivity index (χ0n) is 11.6. The standard InChI is InChI=1S/C12H18ClF2NO4/c1-11(2,3)20-10(18)16-5-4-12(14,15)8(6-16)9(17)19-7-13/h8H,4-7H2,1-3H3. The number of carbonyl (C=O) groups is 2. The second-order valence-corrected chi connectivity index (χ2v) is 5.78. The predicted octanol–water partition coefficient (Wildman–Crippen LogP) is 2.62. The van der Waals surface area contributed by atoms with Gasteiger partial charge in [0.05, 0.1) is 0 Å². The number of halogens is 3. The van der Waals surface area contributed by atoms with Gasteiger partial charge in [0, 0.05) is 19.5 Å². The SMILES string of the molecule is CC(C)(C)OC(=O)N1CCC(F)(F)C(C(=O)OCCl)C1. The zero-order chi connectivity index (χ0) is 15.6. The van der Waals surface area contributed by atoms with Gasteiger partial charge in [0.25, 0.3) is 5.92 Å². The number of rotatable bonds is 2. The molecule has 0 saturated carbocycles. The van der Waals surface area contributed by atoms with Gasteiger partial charge in [0.1, 0.15) is 11.5 Å². The molecule has 0 bridgehead atoms. The number of amides is 1. The summed E-state index contributed by atoms with van der Waals surface area (Å²) in [6.45, 7) is 4.39. The van der Waals surface area contributed by atoms with Crippen molar-refractivity contribution in [3.8, 4) is 0 Å². The van der Waals surface area contributed by atoms with Crippen LogP contribution in [0.1, 0.15) is 27.2 Å². The minimum Gasteiger partial charge on any atom is -0.449 e. The minimum absolute atomic E-state index is 0.174. The van der Waals surface area contributed by atoms with Crippen LogP contribution in [-0.2, 0) is 14.3 Å². The molecular weight excluding hydrogens is 296 g/mol. The molecule has 0 aromatic carbocycles. The third kappa shape index (κ3) is 4.47. The molecule has 5 nitrogen and oxygen atoms in total. The Kier molecular flexibility index (Phi) is 5.18. The van der Waals surface area contributed by atoms with Crippen LogP contribution in [0.4, 0.5) is 13.6 Å². The van der Waals surface area contributed by atoms with Crippen molar-refractivity contribution in [2.45, 2.75) is 38.7 Å². The fraction of sp³-hybridized carbons (Fsp3) is 0.833. The highest BCUT2D eigenvalue weighted by atomic mass is 35.5. The quantitative estimate of drug-likeness (QED) is 0.581. The molecule has 116 valence electrons. The molecule has 20 heavy (non-hydrogen) atoms. The molecule has 1 amide bonds. The highest BCUT2D eigenvalue weighted by Crippen LogP contribution is 2.34. The first-order valence-electron chi connectivity index (χ1n) is 6.15. The maximum atomic E-state index is 13.7. The van der Waals surface area contributed by atoms with Crippen LogP contribution in [0.3, 0.4) is 0 Å². The first-order chi connectivity index (χ1) is 9.07. The molecule has 1 unspecified atom stereocenters. The van der Waals surface area contributed by atoms with Crippen LogP contribution in [0.25, 0.3) is 0 Å². The molecule has 8 heteroatoms. The Morgan fingerprint density at radius 3 is 2.50 bits per heavy atom. The molecule has 1 atom stereocenters. The molecule has 1 fully saturated rings. The average molecular weight is 314 g/mol. The molecule has 0 aliphatic carbocycles. The van der Waals surface area contributed by atoms with Crippen LogP contribution >= 0.6 is 11.6 Å². The molecule has 0 N–H and O–H groups in total.